The molecule has 0 saturated heterocycles. The minimum Gasteiger partial charge on any atom is -0.330 e. The van der Waals surface area contributed by atoms with Crippen LogP contribution >= 0.6 is 0 Å². The van der Waals surface area contributed by atoms with Crippen LogP contribution in [0.4, 0.5) is 0 Å². The fourth-order valence-corrected chi connectivity index (χ4v) is 3.61. The van der Waals surface area contributed by atoms with Crippen LogP contribution in [0.25, 0.3) is 0 Å². The van der Waals surface area contributed by atoms with Gasteiger partial charge in [-0.15, -0.1) is 0 Å². The van der Waals surface area contributed by atoms with Gasteiger partial charge in [-0.3, -0.25) is 0 Å². The van der Waals surface area contributed by atoms with Crippen LogP contribution in [0.3, 0.4) is 0 Å². The lowest BCUT2D eigenvalue weighted by atomic mass is 9.80. The molecule has 0 radical (unpaired) electrons. The molecule has 0 aliphatic heterocycles. The summed E-state index contributed by atoms with van der Waals surface area (Å²) >= 11 is 0. The van der Waals surface area contributed by atoms with Crippen LogP contribution < -0.4 is 5.73 Å². The van der Waals surface area contributed by atoms with Crippen molar-refractivity contribution in [3.05, 3.63) is 35.9 Å². The number of nitrogens with two attached hydrogens (primary N) is 1. The lowest BCUT2D eigenvalue weighted by molar-refractivity contribution is 0.108. The third-order valence-corrected chi connectivity index (χ3v) is 5.07. The van der Waals surface area contributed by atoms with E-state index in [9.17, 15) is 0 Å². The molecule has 1 aromatic rings. The van der Waals surface area contributed by atoms with E-state index in [2.05, 4.69) is 56.0 Å². The molecule has 2 heteroatoms. The Kier molecular flexibility index (Phi) is 5.83. The highest BCUT2D eigenvalue weighted by atomic mass is 15.2. The Morgan fingerprint density at radius 2 is 1.71 bits per heavy atom. The van der Waals surface area contributed by atoms with Gasteiger partial charge >= 0.3 is 0 Å². The highest BCUT2D eigenvalue weighted by molar-refractivity contribution is 5.20. The summed E-state index contributed by atoms with van der Waals surface area (Å²) in [5.41, 5.74) is 7.67. The molecule has 0 amide bonds. The molecule has 2 rings (SSSR count). The quantitative estimate of drug-likeness (QED) is 0.856. The van der Waals surface area contributed by atoms with Gasteiger partial charge in [-0.05, 0) is 55.7 Å². The van der Waals surface area contributed by atoms with Gasteiger partial charge in [0.05, 0.1) is 0 Å². The zero-order valence-electron chi connectivity index (χ0n) is 14.0. The molecule has 118 valence electrons. The van der Waals surface area contributed by atoms with Gasteiger partial charge in [0, 0.05) is 12.6 Å². The van der Waals surface area contributed by atoms with Crippen molar-refractivity contribution in [1.82, 2.24) is 4.90 Å². The van der Waals surface area contributed by atoms with Crippen LogP contribution in [0.15, 0.2) is 30.3 Å². The Labute approximate surface area is 130 Å². The molecular formula is C19H32N2. The Morgan fingerprint density at radius 1 is 1.10 bits per heavy atom. The highest BCUT2D eigenvalue weighted by Crippen LogP contribution is 2.35. The smallest absolute Gasteiger partial charge is 0.00958 e. The normalized spacial score (nSPS) is 23.5. The minimum atomic E-state index is 0.228. The van der Waals surface area contributed by atoms with Crippen molar-refractivity contribution < 1.29 is 0 Å². The summed E-state index contributed by atoms with van der Waals surface area (Å²) in [6.07, 6.45) is 5.31. The van der Waals surface area contributed by atoms with Crippen molar-refractivity contribution in [1.29, 1.82) is 0 Å². The minimum absolute atomic E-state index is 0.228. The zero-order valence-corrected chi connectivity index (χ0v) is 14.0. The molecule has 0 bridgehead atoms. The van der Waals surface area contributed by atoms with Gasteiger partial charge in [0.1, 0.15) is 0 Å². The molecule has 2 N–H and O–H groups in total. The molecule has 2 nitrogen and oxygen atoms in total. The molecule has 0 heterocycles. The van der Waals surface area contributed by atoms with Gasteiger partial charge in [0.25, 0.3) is 0 Å². The zero-order chi connectivity index (χ0) is 15.3. The Balaban J connectivity index is 1.90. The molecule has 21 heavy (non-hydrogen) atoms. The first-order valence-electron chi connectivity index (χ1n) is 8.55. The average molecular weight is 288 g/mol. The second-order valence-electron chi connectivity index (χ2n) is 7.35. The molecule has 1 aromatic carbocycles. The van der Waals surface area contributed by atoms with E-state index in [0.717, 1.165) is 31.6 Å². The van der Waals surface area contributed by atoms with Crippen molar-refractivity contribution in [3.63, 3.8) is 0 Å². The Hall–Kier alpha value is -0.860. The number of hydrogen-bond donors (Lipinski definition) is 1. The number of nitrogens with zero attached hydrogens (tertiary/aromatic N) is 1. The fourth-order valence-electron chi connectivity index (χ4n) is 3.61. The van der Waals surface area contributed by atoms with E-state index in [1.165, 1.54) is 31.2 Å². The third kappa shape index (κ3) is 4.55. The summed E-state index contributed by atoms with van der Waals surface area (Å²) in [6, 6.07) is 11.8. The van der Waals surface area contributed by atoms with Crippen molar-refractivity contribution in [3.8, 4) is 0 Å². The second kappa shape index (κ2) is 7.42. The van der Waals surface area contributed by atoms with E-state index in [1.54, 1.807) is 0 Å². The van der Waals surface area contributed by atoms with E-state index in [1.807, 2.05) is 0 Å². The fraction of sp³-hybridized carbons (Fsp3) is 0.684. The van der Waals surface area contributed by atoms with Crippen LogP contribution in [-0.4, -0.2) is 30.6 Å². The van der Waals surface area contributed by atoms with Crippen molar-refractivity contribution in [2.24, 2.45) is 11.1 Å². The first-order chi connectivity index (χ1) is 10.1. The van der Waals surface area contributed by atoms with Gasteiger partial charge in [0.2, 0.25) is 0 Å². The van der Waals surface area contributed by atoms with Gasteiger partial charge in [-0.1, -0.05) is 51.1 Å². The monoisotopic (exact) mass is 288 g/mol. The predicted octanol–water partition coefficient (Wildman–Crippen LogP) is 4.02. The Bertz CT molecular complexity index is 405. The first-order valence-corrected chi connectivity index (χ1v) is 8.55. The maximum atomic E-state index is 5.91. The second-order valence-corrected chi connectivity index (χ2v) is 7.35. The van der Waals surface area contributed by atoms with E-state index in [4.69, 9.17) is 5.73 Å². The van der Waals surface area contributed by atoms with Crippen LogP contribution in [0.5, 0.6) is 0 Å². The molecule has 0 atom stereocenters. The number of rotatable bonds is 6. The summed E-state index contributed by atoms with van der Waals surface area (Å²) in [4.78, 5) is 2.66. The molecule has 0 unspecified atom stereocenters. The molecule has 1 saturated carbocycles. The standard InChI is InChI=1S/C19H32N2/c1-4-21(15-19(2,3)14-20)18-12-10-17(11-13-18)16-8-6-5-7-9-16/h5-9,17-18H,4,10-15,20H2,1-3H3. The van der Waals surface area contributed by atoms with E-state index < -0.39 is 0 Å². The van der Waals surface area contributed by atoms with E-state index in [-0.39, 0.29) is 5.41 Å². The van der Waals surface area contributed by atoms with Crippen molar-refractivity contribution in [2.45, 2.75) is 58.4 Å². The summed E-state index contributed by atoms with van der Waals surface area (Å²) in [5.74, 6) is 0.767. The number of benzene rings is 1. The molecule has 1 fully saturated rings. The molecule has 1 aliphatic carbocycles. The average Bonchev–Trinajstić information content (AvgIpc) is 2.54. The van der Waals surface area contributed by atoms with Crippen LogP contribution in [0.2, 0.25) is 0 Å². The van der Waals surface area contributed by atoms with Gasteiger partial charge in [-0.25, -0.2) is 0 Å². The van der Waals surface area contributed by atoms with E-state index in [0.29, 0.717) is 0 Å². The van der Waals surface area contributed by atoms with Crippen LogP contribution in [0, 0.1) is 5.41 Å². The maximum absolute atomic E-state index is 5.91. The van der Waals surface area contributed by atoms with Crippen molar-refractivity contribution in [2.75, 3.05) is 19.6 Å². The summed E-state index contributed by atoms with van der Waals surface area (Å²) in [6.45, 7) is 9.89. The van der Waals surface area contributed by atoms with Gasteiger partial charge in [-0.2, -0.15) is 0 Å². The summed E-state index contributed by atoms with van der Waals surface area (Å²) < 4.78 is 0. The lowest BCUT2D eigenvalue weighted by Gasteiger charge is -2.40. The Morgan fingerprint density at radius 3 is 2.24 bits per heavy atom. The maximum Gasteiger partial charge on any atom is 0.00958 e. The van der Waals surface area contributed by atoms with Gasteiger partial charge < -0.3 is 10.6 Å². The summed E-state index contributed by atoms with van der Waals surface area (Å²) in [7, 11) is 0. The highest BCUT2D eigenvalue weighted by Gasteiger charge is 2.29. The number of hydrogen-bond acceptors (Lipinski definition) is 2. The molecular weight excluding hydrogens is 256 g/mol. The molecule has 1 aliphatic rings. The largest absolute Gasteiger partial charge is 0.330 e. The van der Waals surface area contributed by atoms with Crippen LogP contribution in [-0.2, 0) is 0 Å². The van der Waals surface area contributed by atoms with Crippen molar-refractivity contribution >= 4 is 0 Å². The molecule has 0 spiro atoms. The SMILES string of the molecule is CCN(CC(C)(C)CN)C1CCC(c2ccccc2)CC1. The lowest BCUT2D eigenvalue weighted by Crippen LogP contribution is -2.45. The first kappa shape index (κ1) is 16.5. The topological polar surface area (TPSA) is 29.3 Å². The van der Waals surface area contributed by atoms with Crippen LogP contribution in [0.1, 0.15) is 57.9 Å². The summed E-state index contributed by atoms with van der Waals surface area (Å²) in [5, 5.41) is 0. The predicted molar refractivity (Wildman–Crippen MR) is 91.5 cm³/mol. The third-order valence-electron chi connectivity index (χ3n) is 5.07. The van der Waals surface area contributed by atoms with Gasteiger partial charge in [0.15, 0.2) is 0 Å². The molecule has 0 aromatic heterocycles. The van der Waals surface area contributed by atoms with E-state index >= 15 is 0 Å².